The Morgan fingerprint density at radius 3 is 1.88 bits per heavy atom. The molecule has 0 saturated heterocycles. The molecule has 51 heavy (non-hydrogen) atoms. The SMILES string of the molecule is CC/C(C)=C(\c1ccccc1)N(c1ccccc1)c1c(C)n(-c2ccccc2)c2cc3c(cc12)c1ccccc1n3-c1ccc2ccccc2c1. The fourth-order valence-electron chi connectivity index (χ4n) is 7.92. The summed E-state index contributed by atoms with van der Waals surface area (Å²) >= 11 is 0. The van der Waals surface area contributed by atoms with Gasteiger partial charge in [-0.3, -0.25) is 0 Å². The van der Waals surface area contributed by atoms with Gasteiger partial charge in [-0.1, -0.05) is 122 Å². The second-order valence-corrected chi connectivity index (χ2v) is 13.4. The highest BCUT2D eigenvalue weighted by Crippen LogP contribution is 2.47. The Morgan fingerprint density at radius 2 is 1.14 bits per heavy atom. The summed E-state index contributed by atoms with van der Waals surface area (Å²) in [6.45, 7) is 6.81. The summed E-state index contributed by atoms with van der Waals surface area (Å²) in [5, 5.41) is 6.18. The Labute approximate surface area is 298 Å². The van der Waals surface area contributed by atoms with Crippen LogP contribution in [0.1, 0.15) is 31.5 Å². The van der Waals surface area contributed by atoms with E-state index < -0.39 is 0 Å². The maximum atomic E-state index is 2.51. The zero-order chi connectivity index (χ0) is 34.5. The molecule has 0 spiro atoms. The third kappa shape index (κ3) is 5.04. The molecule has 0 bridgehead atoms. The van der Waals surface area contributed by atoms with Crippen LogP contribution in [-0.4, -0.2) is 9.13 Å². The number of hydrogen-bond donors (Lipinski definition) is 0. The largest absolute Gasteiger partial charge is 0.312 e. The van der Waals surface area contributed by atoms with Gasteiger partial charge < -0.3 is 14.0 Å². The molecule has 3 nitrogen and oxygen atoms in total. The highest BCUT2D eigenvalue weighted by Gasteiger charge is 2.27. The first-order valence-corrected chi connectivity index (χ1v) is 17.9. The molecule has 0 saturated carbocycles. The normalized spacial score (nSPS) is 12.2. The molecule has 0 amide bonds. The van der Waals surface area contributed by atoms with Crippen molar-refractivity contribution in [2.75, 3.05) is 4.90 Å². The van der Waals surface area contributed by atoms with Crippen LogP contribution >= 0.6 is 0 Å². The summed E-state index contributed by atoms with van der Waals surface area (Å²) in [5.41, 5.74) is 13.1. The van der Waals surface area contributed by atoms with Crippen molar-refractivity contribution in [1.82, 2.24) is 9.13 Å². The van der Waals surface area contributed by atoms with Crippen LogP contribution in [0.25, 0.3) is 60.6 Å². The molecular weight excluding hydrogens is 619 g/mol. The maximum absolute atomic E-state index is 2.51. The van der Waals surface area contributed by atoms with Gasteiger partial charge in [-0.05, 0) is 96.8 Å². The van der Waals surface area contributed by atoms with E-state index in [4.69, 9.17) is 0 Å². The van der Waals surface area contributed by atoms with E-state index in [2.05, 4.69) is 205 Å². The van der Waals surface area contributed by atoms with E-state index in [1.165, 1.54) is 71.7 Å². The van der Waals surface area contributed by atoms with Crippen LogP contribution in [0, 0.1) is 6.92 Å². The van der Waals surface area contributed by atoms with E-state index in [0.29, 0.717) is 0 Å². The Morgan fingerprint density at radius 1 is 0.510 bits per heavy atom. The van der Waals surface area contributed by atoms with E-state index in [0.717, 1.165) is 23.5 Å². The zero-order valence-electron chi connectivity index (χ0n) is 29.2. The highest BCUT2D eigenvalue weighted by molar-refractivity contribution is 6.17. The van der Waals surface area contributed by atoms with Gasteiger partial charge in [0.25, 0.3) is 0 Å². The lowest BCUT2D eigenvalue weighted by atomic mass is 10.0. The molecular formula is C48H39N3. The van der Waals surface area contributed by atoms with Crippen molar-refractivity contribution in [3.05, 3.63) is 187 Å². The molecule has 0 unspecified atom stereocenters. The summed E-state index contributed by atoms with van der Waals surface area (Å²) < 4.78 is 4.89. The quantitative estimate of drug-likeness (QED) is 0.166. The van der Waals surface area contributed by atoms with Gasteiger partial charge in [-0.2, -0.15) is 0 Å². The van der Waals surface area contributed by atoms with E-state index in [1.807, 2.05) is 0 Å². The van der Waals surface area contributed by atoms with Crippen LogP contribution in [0.4, 0.5) is 11.4 Å². The van der Waals surface area contributed by atoms with Gasteiger partial charge in [0, 0.05) is 38.9 Å². The third-order valence-corrected chi connectivity index (χ3v) is 10.4. The maximum Gasteiger partial charge on any atom is 0.0751 e. The Hall–Kier alpha value is -6.32. The summed E-state index contributed by atoms with van der Waals surface area (Å²) in [4.78, 5) is 2.51. The van der Waals surface area contributed by atoms with Crippen LogP contribution in [-0.2, 0) is 0 Å². The molecule has 2 heterocycles. The van der Waals surface area contributed by atoms with E-state index in [9.17, 15) is 0 Å². The number of aromatic nitrogens is 2. The van der Waals surface area contributed by atoms with Gasteiger partial charge in [0.15, 0.2) is 0 Å². The van der Waals surface area contributed by atoms with E-state index in [-0.39, 0.29) is 0 Å². The van der Waals surface area contributed by atoms with Crippen molar-refractivity contribution in [1.29, 1.82) is 0 Å². The summed E-state index contributed by atoms with van der Waals surface area (Å²) in [6, 6.07) is 61.7. The second-order valence-electron chi connectivity index (χ2n) is 13.4. The topological polar surface area (TPSA) is 13.1 Å². The average Bonchev–Trinajstić information content (AvgIpc) is 3.66. The highest BCUT2D eigenvalue weighted by atomic mass is 15.2. The van der Waals surface area contributed by atoms with Crippen molar-refractivity contribution >= 4 is 60.6 Å². The first-order chi connectivity index (χ1) is 25.1. The molecule has 0 aliphatic carbocycles. The molecule has 0 N–H and O–H groups in total. The van der Waals surface area contributed by atoms with Gasteiger partial charge in [0.2, 0.25) is 0 Å². The number of benzene rings is 7. The number of nitrogens with zero attached hydrogens (tertiary/aromatic N) is 3. The summed E-state index contributed by atoms with van der Waals surface area (Å²) in [6.07, 6.45) is 0.938. The van der Waals surface area contributed by atoms with Crippen LogP contribution < -0.4 is 4.90 Å². The average molecular weight is 658 g/mol. The standard InChI is InChI=1S/C48H39N3/c1-4-33(2)47(36-19-8-5-9-20-36)51(39-24-12-7-13-25-39)48-34(3)49(38-22-10-6-11-23-38)46-32-45-42(31-43(46)48)41-26-16-17-27-44(41)50(45)40-29-28-35-18-14-15-21-37(35)30-40/h5-32H,4H2,1-3H3/b47-33+. The second kappa shape index (κ2) is 12.5. The first-order valence-electron chi connectivity index (χ1n) is 17.9. The molecule has 9 aromatic rings. The first kappa shape index (κ1) is 30.7. The van der Waals surface area contributed by atoms with Crippen molar-refractivity contribution in [3.8, 4) is 11.4 Å². The lowest BCUT2D eigenvalue weighted by Gasteiger charge is -2.30. The van der Waals surface area contributed by atoms with Crippen molar-refractivity contribution < 1.29 is 0 Å². The third-order valence-electron chi connectivity index (χ3n) is 10.4. The molecule has 0 radical (unpaired) electrons. The van der Waals surface area contributed by atoms with Gasteiger partial charge in [-0.25, -0.2) is 0 Å². The fourth-order valence-corrected chi connectivity index (χ4v) is 7.92. The Kier molecular flexibility index (Phi) is 7.55. The minimum atomic E-state index is 0.938. The molecule has 0 atom stereocenters. The number of fused-ring (bicyclic) bond motifs is 5. The zero-order valence-corrected chi connectivity index (χ0v) is 29.2. The Bertz CT molecular complexity index is 2730. The minimum absolute atomic E-state index is 0.938. The van der Waals surface area contributed by atoms with Crippen molar-refractivity contribution in [3.63, 3.8) is 0 Å². The van der Waals surface area contributed by atoms with Crippen molar-refractivity contribution in [2.45, 2.75) is 27.2 Å². The number of para-hydroxylation sites is 3. The van der Waals surface area contributed by atoms with Crippen LogP contribution in [0.2, 0.25) is 0 Å². The minimum Gasteiger partial charge on any atom is -0.312 e. The predicted octanol–water partition coefficient (Wildman–Crippen LogP) is 13.2. The fraction of sp³-hybridized carbons (Fsp3) is 0.0833. The molecule has 7 aromatic carbocycles. The van der Waals surface area contributed by atoms with Crippen LogP contribution in [0.5, 0.6) is 0 Å². The van der Waals surface area contributed by atoms with Gasteiger partial charge in [-0.15, -0.1) is 0 Å². The van der Waals surface area contributed by atoms with Gasteiger partial charge >= 0.3 is 0 Å². The number of hydrogen-bond acceptors (Lipinski definition) is 1. The lowest BCUT2D eigenvalue weighted by Crippen LogP contribution is -2.18. The predicted molar refractivity (Wildman–Crippen MR) is 218 cm³/mol. The van der Waals surface area contributed by atoms with Crippen molar-refractivity contribution in [2.24, 2.45) is 0 Å². The smallest absolute Gasteiger partial charge is 0.0751 e. The van der Waals surface area contributed by atoms with E-state index >= 15 is 0 Å². The number of anilines is 2. The summed E-state index contributed by atoms with van der Waals surface area (Å²) in [5.74, 6) is 0. The molecule has 0 aliphatic rings. The molecule has 3 heteroatoms. The monoisotopic (exact) mass is 657 g/mol. The summed E-state index contributed by atoms with van der Waals surface area (Å²) in [7, 11) is 0. The molecule has 0 fully saturated rings. The van der Waals surface area contributed by atoms with Crippen LogP contribution in [0.3, 0.4) is 0 Å². The van der Waals surface area contributed by atoms with Gasteiger partial charge in [0.1, 0.15) is 0 Å². The molecule has 0 aliphatic heterocycles. The number of rotatable bonds is 7. The van der Waals surface area contributed by atoms with Crippen LogP contribution in [0.15, 0.2) is 175 Å². The van der Waals surface area contributed by atoms with Gasteiger partial charge in [0.05, 0.1) is 27.9 Å². The number of allylic oxidation sites excluding steroid dienone is 1. The lowest BCUT2D eigenvalue weighted by molar-refractivity contribution is 1.04. The molecule has 2 aromatic heterocycles. The molecule has 9 rings (SSSR count). The molecule has 246 valence electrons. The Balaban J connectivity index is 1.43. The van der Waals surface area contributed by atoms with E-state index in [1.54, 1.807) is 0 Å².